The molecule has 10 heavy (non-hydrogen) atoms. The topological polar surface area (TPSA) is 26.0 Å². The standard InChI is InChI=1S/C5H9F4N/c1-4(6,3-10)2-5(7,8)9/h2-3,10H2,1H3. The van der Waals surface area contributed by atoms with Crippen molar-refractivity contribution in [3.63, 3.8) is 0 Å². The molecule has 0 rings (SSSR count). The molecule has 0 aromatic heterocycles. The van der Waals surface area contributed by atoms with E-state index in [2.05, 4.69) is 0 Å². The Balaban J connectivity index is 3.89. The SMILES string of the molecule is CC(F)(CN)CC(F)(F)F. The zero-order valence-corrected chi connectivity index (χ0v) is 5.50. The molecular formula is C5H9F4N. The van der Waals surface area contributed by atoms with E-state index in [0.29, 0.717) is 0 Å². The summed E-state index contributed by atoms with van der Waals surface area (Å²) in [6.07, 6.45) is -5.95. The van der Waals surface area contributed by atoms with Crippen LogP contribution in [-0.2, 0) is 0 Å². The van der Waals surface area contributed by atoms with Crippen molar-refractivity contribution in [2.75, 3.05) is 6.54 Å². The monoisotopic (exact) mass is 159 g/mol. The van der Waals surface area contributed by atoms with Crippen LogP contribution in [0.25, 0.3) is 0 Å². The third-order valence-corrected chi connectivity index (χ3v) is 0.995. The first-order valence-electron chi connectivity index (χ1n) is 2.72. The number of halogens is 4. The third-order valence-electron chi connectivity index (χ3n) is 0.995. The molecule has 0 fully saturated rings. The van der Waals surface area contributed by atoms with E-state index in [1.165, 1.54) is 0 Å². The molecule has 0 radical (unpaired) electrons. The average molecular weight is 159 g/mol. The molecule has 0 spiro atoms. The van der Waals surface area contributed by atoms with Gasteiger partial charge in [-0.05, 0) is 6.92 Å². The van der Waals surface area contributed by atoms with Gasteiger partial charge in [0.1, 0.15) is 5.67 Å². The Morgan fingerprint density at radius 1 is 1.20 bits per heavy atom. The van der Waals surface area contributed by atoms with Crippen molar-refractivity contribution in [3.05, 3.63) is 0 Å². The van der Waals surface area contributed by atoms with Crippen LogP contribution in [0.1, 0.15) is 13.3 Å². The highest BCUT2D eigenvalue weighted by molar-refractivity contribution is 4.77. The minimum absolute atomic E-state index is 0.605. The highest BCUT2D eigenvalue weighted by Crippen LogP contribution is 2.28. The summed E-state index contributed by atoms with van der Waals surface area (Å²) in [4.78, 5) is 0. The lowest BCUT2D eigenvalue weighted by Gasteiger charge is -2.19. The van der Waals surface area contributed by atoms with Crippen LogP contribution < -0.4 is 5.73 Å². The molecule has 1 unspecified atom stereocenters. The molecule has 2 N–H and O–H groups in total. The number of nitrogens with two attached hydrogens (primary N) is 1. The Labute approximate surface area is 56.2 Å². The first kappa shape index (κ1) is 9.68. The summed E-state index contributed by atoms with van der Waals surface area (Å²) in [6, 6.07) is 0. The fourth-order valence-electron chi connectivity index (χ4n) is 0.490. The minimum atomic E-state index is -4.47. The zero-order valence-electron chi connectivity index (χ0n) is 5.50. The van der Waals surface area contributed by atoms with Crippen molar-refractivity contribution in [2.45, 2.75) is 25.2 Å². The number of alkyl halides is 4. The maximum Gasteiger partial charge on any atom is 0.392 e. The smallest absolute Gasteiger partial charge is 0.328 e. The van der Waals surface area contributed by atoms with Crippen LogP contribution >= 0.6 is 0 Å². The second-order valence-electron chi connectivity index (χ2n) is 2.41. The molecule has 5 heteroatoms. The van der Waals surface area contributed by atoms with Gasteiger partial charge in [-0.15, -0.1) is 0 Å². The fourth-order valence-corrected chi connectivity index (χ4v) is 0.490. The van der Waals surface area contributed by atoms with Crippen molar-refractivity contribution in [2.24, 2.45) is 5.73 Å². The molecule has 0 saturated heterocycles. The van der Waals surface area contributed by atoms with Gasteiger partial charge in [-0.1, -0.05) is 0 Å². The summed E-state index contributed by atoms with van der Waals surface area (Å²) < 4.78 is 46.8. The average Bonchev–Trinajstić information content (AvgIpc) is 1.60. The van der Waals surface area contributed by atoms with E-state index in [1.807, 2.05) is 0 Å². The molecular weight excluding hydrogens is 150 g/mol. The van der Waals surface area contributed by atoms with Crippen molar-refractivity contribution in [1.29, 1.82) is 0 Å². The lowest BCUT2D eigenvalue weighted by atomic mass is 10.1. The summed E-state index contributed by atoms with van der Waals surface area (Å²) in [7, 11) is 0. The van der Waals surface area contributed by atoms with E-state index in [-0.39, 0.29) is 0 Å². The van der Waals surface area contributed by atoms with E-state index in [0.717, 1.165) is 6.92 Å². The van der Waals surface area contributed by atoms with E-state index < -0.39 is 24.8 Å². The number of rotatable bonds is 2. The molecule has 1 nitrogen and oxygen atoms in total. The van der Waals surface area contributed by atoms with Crippen LogP contribution in [0, 0.1) is 0 Å². The van der Waals surface area contributed by atoms with Gasteiger partial charge in [-0.2, -0.15) is 13.2 Å². The highest BCUT2D eigenvalue weighted by atomic mass is 19.4. The normalized spacial score (nSPS) is 18.6. The summed E-state index contributed by atoms with van der Waals surface area (Å²) in [5.41, 5.74) is 2.42. The fraction of sp³-hybridized carbons (Fsp3) is 1.00. The van der Waals surface area contributed by atoms with Crippen LogP contribution in [-0.4, -0.2) is 18.4 Å². The van der Waals surface area contributed by atoms with Crippen molar-refractivity contribution in [3.8, 4) is 0 Å². The largest absolute Gasteiger partial charge is 0.392 e. The first-order chi connectivity index (χ1) is 4.27. The van der Waals surface area contributed by atoms with Gasteiger partial charge in [0.05, 0.1) is 6.42 Å². The van der Waals surface area contributed by atoms with Crippen LogP contribution in [0.15, 0.2) is 0 Å². The van der Waals surface area contributed by atoms with Gasteiger partial charge in [-0.25, -0.2) is 4.39 Å². The second-order valence-corrected chi connectivity index (χ2v) is 2.41. The summed E-state index contributed by atoms with van der Waals surface area (Å²) in [6.45, 7) is 0.229. The lowest BCUT2D eigenvalue weighted by Crippen LogP contribution is -2.34. The Kier molecular flexibility index (Phi) is 2.65. The highest BCUT2D eigenvalue weighted by Gasteiger charge is 2.38. The van der Waals surface area contributed by atoms with Crippen LogP contribution in [0.4, 0.5) is 17.6 Å². The maximum absolute atomic E-state index is 12.5. The molecule has 0 amide bonds. The Bertz CT molecular complexity index is 107. The molecule has 0 heterocycles. The predicted molar refractivity (Wildman–Crippen MR) is 29.2 cm³/mol. The Morgan fingerprint density at radius 3 is 1.70 bits per heavy atom. The zero-order chi connectivity index (χ0) is 8.41. The summed E-state index contributed by atoms with van der Waals surface area (Å²) in [5.74, 6) is 0. The van der Waals surface area contributed by atoms with Crippen LogP contribution in [0.5, 0.6) is 0 Å². The molecule has 0 aliphatic carbocycles. The molecule has 0 saturated carbocycles. The van der Waals surface area contributed by atoms with Gasteiger partial charge in [0.25, 0.3) is 0 Å². The van der Waals surface area contributed by atoms with Crippen molar-refractivity contribution in [1.82, 2.24) is 0 Å². The van der Waals surface area contributed by atoms with Gasteiger partial charge < -0.3 is 5.73 Å². The van der Waals surface area contributed by atoms with E-state index in [9.17, 15) is 17.6 Å². The van der Waals surface area contributed by atoms with Gasteiger partial charge in [-0.3, -0.25) is 0 Å². The molecule has 62 valence electrons. The summed E-state index contributed by atoms with van der Waals surface area (Å²) >= 11 is 0. The molecule has 0 aliphatic heterocycles. The van der Waals surface area contributed by atoms with Crippen molar-refractivity contribution < 1.29 is 17.6 Å². The maximum atomic E-state index is 12.5. The second kappa shape index (κ2) is 2.74. The predicted octanol–water partition coefficient (Wildman–Crippen LogP) is 1.63. The third kappa shape index (κ3) is 4.55. The van der Waals surface area contributed by atoms with Gasteiger partial charge in [0, 0.05) is 6.54 Å². The van der Waals surface area contributed by atoms with E-state index >= 15 is 0 Å². The summed E-state index contributed by atoms with van der Waals surface area (Å²) in [5, 5.41) is 0. The van der Waals surface area contributed by atoms with Crippen LogP contribution in [0.3, 0.4) is 0 Å². The number of hydrogen-bond acceptors (Lipinski definition) is 1. The molecule has 0 aromatic carbocycles. The van der Waals surface area contributed by atoms with Crippen molar-refractivity contribution >= 4 is 0 Å². The minimum Gasteiger partial charge on any atom is -0.328 e. The lowest BCUT2D eigenvalue weighted by molar-refractivity contribution is -0.157. The van der Waals surface area contributed by atoms with Gasteiger partial charge in [0.2, 0.25) is 0 Å². The van der Waals surface area contributed by atoms with Gasteiger partial charge in [0.15, 0.2) is 0 Å². The Morgan fingerprint density at radius 2 is 1.60 bits per heavy atom. The quantitative estimate of drug-likeness (QED) is 0.609. The molecule has 0 aromatic rings. The first-order valence-corrected chi connectivity index (χ1v) is 2.72. The van der Waals surface area contributed by atoms with E-state index in [4.69, 9.17) is 5.73 Å². The Hall–Kier alpha value is -0.320. The van der Waals surface area contributed by atoms with Gasteiger partial charge >= 0.3 is 6.18 Å². The molecule has 0 aliphatic rings. The van der Waals surface area contributed by atoms with Crippen LogP contribution in [0.2, 0.25) is 0 Å². The molecule has 0 bridgehead atoms. The molecule has 1 atom stereocenters. The van der Waals surface area contributed by atoms with E-state index in [1.54, 1.807) is 0 Å². The number of hydrogen-bond donors (Lipinski definition) is 1.